The van der Waals surface area contributed by atoms with Crippen LogP contribution in [0, 0.1) is 6.92 Å². The van der Waals surface area contributed by atoms with E-state index in [2.05, 4.69) is 29.2 Å². The Morgan fingerprint density at radius 2 is 1.80 bits per heavy atom. The maximum atomic E-state index is 6.42. The molecule has 0 amide bonds. The Morgan fingerprint density at radius 3 is 2.50 bits per heavy atom. The molecule has 1 aliphatic heterocycles. The smallest absolute Gasteiger partial charge is 0.125 e. The van der Waals surface area contributed by atoms with Gasteiger partial charge in [0.15, 0.2) is 0 Å². The van der Waals surface area contributed by atoms with Gasteiger partial charge in [0.2, 0.25) is 0 Å². The average molecular weight is 270 g/mol. The van der Waals surface area contributed by atoms with Crippen molar-refractivity contribution in [2.45, 2.75) is 32.2 Å². The number of aryl methyl sites for hydroxylation is 1. The fourth-order valence-electron chi connectivity index (χ4n) is 2.95. The van der Waals surface area contributed by atoms with Gasteiger partial charge in [-0.05, 0) is 49.9 Å². The first-order chi connectivity index (χ1) is 9.75. The highest BCUT2D eigenvalue weighted by Gasteiger charge is 2.20. The zero-order valence-corrected chi connectivity index (χ0v) is 12.0. The largest absolute Gasteiger partial charge is 0.464 e. The summed E-state index contributed by atoms with van der Waals surface area (Å²) in [4.78, 5) is 2.45. The lowest BCUT2D eigenvalue weighted by atomic mass is 10.0. The minimum absolute atomic E-state index is 0.193. The van der Waals surface area contributed by atoms with Crippen molar-refractivity contribution < 1.29 is 4.42 Å². The second-order valence-electron chi connectivity index (χ2n) is 5.53. The molecule has 2 heterocycles. The van der Waals surface area contributed by atoms with Gasteiger partial charge in [-0.3, -0.25) is 0 Å². The first-order valence-corrected chi connectivity index (χ1v) is 7.41. The lowest BCUT2D eigenvalue weighted by molar-refractivity contribution is 0.465. The van der Waals surface area contributed by atoms with Crippen LogP contribution in [0.15, 0.2) is 40.8 Å². The molecule has 1 aliphatic rings. The molecule has 1 aromatic carbocycles. The lowest BCUT2D eigenvalue weighted by Gasteiger charge is -2.31. The van der Waals surface area contributed by atoms with Gasteiger partial charge in [-0.2, -0.15) is 0 Å². The maximum absolute atomic E-state index is 6.42. The molecule has 2 aromatic rings. The number of benzene rings is 1. The van der Waals surface area contributed by atoms with Gasteiger partial charge in [-0.25, -0.2) is 0 Å². The maximum Gasteiger partial charge on any atom is 0.125 e. The molecule has 0 aliphatic carbocycles. The number of furan rings is 1. The van der Waals surface area contributed by atoms with Crippen molar-refractivity contribution in [1.29, 1.82) is 0 Å². The predicted molar refractivity (Wildman–Crippen MR) is 82.0 cm³/mol. The van der Waals surface area contributed by atoms with Crippen molar-refractivity contribution in [2.24, 2.45) is 5.73 Å². The third-order valence-electron chi connectivity index (χ3n) is 4.04. The topological polar surface area (TPSA) is 42.4 Å². The fourth-order valence-corrected chi connectivity index (χ4v) is 2.95. The molecule has 3 nitrogen and oxygen atoms in total. The number of nitrogens with two attached hydrogens (primary N) is 1. The number of para-hydroxylation sites is 1. The number of hydrogen-bond donors (Lipinski definition) is 1. The van der Waals surface area contributed by atoms with E-state index in [9.17, 15) is 0 Å². The van der Waals surface area contributed by atoms with Crippen LogP contribution in [-0.4, -0.2) is 13.1 Å². The summed E-state index contributed by atoms with van der Waals surface area (Å²) in [5, 5.41) is 0. The summed E-state index contributed by atoms with van der Waals surface area (Å²) in [6.07, 6.45) is 3.87. The highest BCUT2D eigenvalue weighted by atomic mass is 16.3. The summed E-state index contributed by atoms with van der Waals surface area (Å²) < 4.78 is 5.70. The molecule has 1 aromatic heterocycles. The van der Waals surface area contributed by atoms with Gasteiger partial charge in [0.05, 0.1) is 6.04 Å². The fraction of sp³-hybridized carbons (Fsp3) is 0.412. The summed E-state index contributed by atoms with van der Waals surface area (Å²) in [6, 6.07) is 12.2. The minimum atomic E-state index is -0.193. The van der Waals surface area contributed by atoms with Crippen molar-refractivity contribution in [3.8, 4) is 0 Å². The monoisotopic (exact) mass is 270 g/mol. The second-order valence-corrected chi connectivity index (χ2v) is 5.53. The Bertz CT molecular complexity index is 570. The van der Waals surface area contributed by atoms with Crippen molar-refractivity contribution in [1.82, 2.24) is 0 Å². The van der Waals surface area contributed by atoms with Crippen molar-refractivity contribution in [3.05, 3.63) is 53.5 Å². The zero-order chi connectivity index (χ0) is 13.9. The normalized spacial score (nSPS) is 17.2. The van der Waals surface area contributed by atoms with E-state index in [1.165, 1.54) is 24.9 Å². The van der Waals surface area contributed by atoms with E-state index in [-0.39, 0.29) is 6.04 Å². The van der Waals surface area contributed by atoms with Crippen LogP contribution >= 0.6 is 0 Å². The zero-order valence-electron chi connectivity index (χ0n) is 12.0. The quantitative estimate of drug-likeness (QED) is 0.926. The Kier molecular flexibility index (Phi) is 3.79. The molecule has 0 radical (unpaired) electrons. The Labute approximate surface area is 120 Å². The molecular weight excluding hydrogens is 248 g/mol. The summed E-state index contributed by atoms with van der Waals surface area (Å²) in [6.45, 7) is 4.20. The standard InChI is InChI=1S/C17H22N2O/c1-13-9-10-16(20-13)17(18)14-7-3-4-8-15(14)19-11-5-2-6-12-19/h3-4,7-10,17H,2,5-6,11-12,18H2,1H3. The molecular formula is C17H22N2O. The minimum Gasteiger partial charge on any atom is -0.464 e. The molecule has 3 heteroatoms. The van der Waals surface area contributed by atoms with Gasteiger partial charge >= 0.3 is 0 Å². The number of nitrogens with zero attached hydrogens (tertiary/aromatic N) is 1. The first-order valence-electron chi connectivity index (χ1n) is 7.41. The molecule has 0 spiro atoms. The molecule has 3 rings (SSSR count). The van der Waals surface area contributed by atoms with Gasteiger partial charge in [0, 0.05) is 18.8 Å². The predicted octanol–water partition coefficient (Wildman–Crippen LogP) is 3.63. The number of piperidine rings is 1. The Hall–Kier alpha value is -1.74. The summed E-state index contributed by atoms with van der Waals surface area (Å²) in [5.41, 5.74) is 8.83. The molecule has 1 unspecified atom stereocenters. The summed E-state index contributed by atoms with van der Waals surface area (Å²) in [5.74, 6) is 1.75. The SMILES string of the molecule is Cc1ccc(C(N)c2ccccc2N2CCCCC2)o1. The third-order valence-corrected chi connectivity index (χ3v) is 4.04. The molecule has 106 valence electrons. The highest BCUT2D eigenvalue weighted by Crippen LogP contribution is 2.31. The van der Waals surface area contributed by atoms with E-state index in [4.69, 9.17) is 10.2 Å². The van der Waals surface area contributed by atoms with Crippen LogP contribution in [0.3, 0.4) is 0 Å². The summed E-state index contributed by atoms with van der Waals surface area (Å²) >= 11 is 0. The average Bonchev–Trinajstić information content (AvgIpc) is 2.94. The van der Waals surface area contributed by atoms with E-state index < -0.39 is 0 Å². The van der Waals surface area contributed by atoms with E-state index >= 15 is 0 Å². The molecule has 0 saturated carbocycles. The van der Waals surface area contributed by atoms with Crippen LogP contribution in [0.5, 0.6) is 0 Å². The molecule has 2 N–H and O–H groups in total. The molecule has 20 heavy (non-hydrogen) atoms. The van der Waals surface area contributed by atoms with E-state index in [0.29, 0.717) is 0 Å². The summed E-state index contributed by atoms with van der Waals surface area (Å²) in [7, 11) is 0. The lowest BCUT2D eigenvalue weighted by Crippen LogP contribution is -2.31. The second kappa shape index (κ2) is 5.71. The van der Waals surface area contributed by atoms with Crippen LogP contribution in [0.1, 0.15) is 42.4 Å². The molecule has 1 fully saturated rings. The van der Waals surface area contributed by atoms with Crippen molar-refractivity contribution in [3.63, 3.8) is 0 Å². The number of hydrogen-bond acceptors (Lipinski definition) is 3. The van der Waals surface area contributed by atoms with E-state index in [0.717, 1.165) is 30.2 Å². The van der Waals surface area contributed by atoms with Gasteiger partial charge < -0.3 is 15.1 Å². The van der Waals surface area contributed by atoms with E-state index in [1.54, 1.807) is 0 Å². The van der Waals surface area contributed by atoms with Crippen molar-refractivity contribution >= 4 is 5.69 Å². The van der Waals surface area contributed by atoms with Crippen LogP contribution in [0.2, 0.25) is 0 Å². The van der Waals surface area contributed by atoms with Crippen LogP contribution in [0.25, 0.3) is 0 Å². The molecule has 1 atom stereocenters. The van der Waals surface area contributed by atoms with Crippen LogP contribution in [0.4, 0.5) is 5.69 Å². The Morgan fingerprint density at radius 1 is 1.05 bits per heavy atom. The molecule has 1 saturated heterocycles. The van der Waals surface area contributed by atoms with Gasteiger partial charge in [0.1, 0.15) is 11.5 Å². The van der Waals surface area contributed by atoms with Crippen LogP contribution < -0.4 is 10.6 Å². The Balaban J connectivity index is 1.92. The van der Waals surface area contributed by atoms with E-state index in [1.807, 2.05) is 19.1 Å². The highest BCUT2D eigenvalue weighted by molar-refractivity contribution is 5.56. The van der Waals surface area contributed by atoms with Gasteiger partial charge in [0.25, 0.3) is 0 Å². The van der Waals surface area contributed by atoms with Crippen molar-refractivity contribution in [2.75, 3.05) is 18.0 Å². The molecule has 0 bridgehead atoms. The van der Waals surface area contributed by atoms with Gasteiger partial charge in [-0.1, -0.05) is 18.2 Å². The number of anilines is 1. The van der Waals surface area contributed by atoms with Gasteiger partial charge in [-0.15, -0.1) is 0 Å². The first kappa shape index (κ1) is 13.3. The van der Waals surface area contributed by atoms with Crippen LogP contribution in [-0.2, 0) is 0 Å². The number of rotatable bonds is 3. The third kappa shape index (κ3) is 2.59.